The zero-order chi connectivity index (χ0) is 19.7. The molecule has 0 unspecified atom stereocenters. The van der Waals surface area contributed by atoms with E-state index in [0.717, 1.165) is 0 Å². The minimum absolute atomic E-state index is 0.120. The van der Waals surface area contributed by atoms with E-state index in [9.17, 15) is 13.2 Å². The summed E-state index contributed by atoms with van der Waals surface area (Å²) in [5, 5.41) is 10.0. The van der Waals surface area contributed by atoms with Crippen LogP contribution in [0.15, 0.2) is 47.4 Å². The Morgan fingerprint density at radius 3 is 2.43 bits per heavy atom. The Morgan fingerprint density at radius 2 is 1.75 bits per heavy atom. The molecule has 28 heavy (non-hydrogen) atoms. The first kappa shape index (κ1) is 18.4. The Labute approximate surface area is 162 Å². The van der Waals surface area contributed by atoms with Gasteiger partial charge < -0.3 is 9.64 Å². The molecule has 2 aromatic carbocycles. The molecule has 8 nitrogen and oxygen atoms in total. The van der Waals surface area contributed by atoms with E-state index in [4.69, 9.17) is 4.74 Å². The maximum atomic E-state index is 12.9. The van der Waals surface area contributed by atoms with Gasteiger partial charge in [0.25, 0.3) is 5.91 Å². The summed E-state index contributed by atoms with van der Waals surface area (Å²) in [6, 6.07) is 11.6. The number of ether oxygens (including phenoxy) is 1. The van der Waals surface area contributed by atoms with Crippen molar-refractivity contribution in [2.75, 3.05) is 20.2 Å². The van der Waals surface area contributed by atoms with Crippen molar-refractivity contribution in [2.45, 2.75) is 23.0 Å². The molecule has 0 saturated carbocycles. The molecule has 0 aliphatic carbocycles. The number of aromatic nitrogens is 3. The molecule has 0 bridgehead atoms. The lowest BCUT2D eigenvalue weighted by atomic mass is 10.1. The van der Waals surface area contributed by atoms with Crippen LogP contribution in [0.4, 0.5) is 0 Å². The van der Waals surface area contributed by atoms with E-state index in [1.165, 1.54) is 7.11 Å². The van der Waals surface area contributed by atoms with E-state index < -0.39 is 15.1 Å². The van der Waals surface area contributed by atoms with Gasteiger partial charge in [0.1, 0.15) is 16.8 Å². The molecule has 1 aliphatic rings. The molecule has 1 aliphatic heterocycles. The highest BCUT2D eigenvalue weighted by atomic mass is 32.2. The van der Waals surface area contributed by atoms with E-state index in [2.05, 4.69) is 15.4 Å². The minimum atomic E-state index is -3.44. The number of aromatic amines is 1. The summed E-state index contributed by atoms with van der Waals surface area (Å²) >= 11 is 0. The Kier molecular flexibility index (Phi) is 4.76. The lowest BCUT2D eigenvalue weighted by Crippen LogP contribution is -2.42. The maximum Gasteiger partial charge on any atom is 0.253 e. The van der Waals surface area contributed by atoms with E-state index in [1.807, 2.05) is 0 Å². The molecule has 1 saturated heterocycles. The van der Waals surface area contributed by atoms with Crippen LogP contribution in [-0.2, 0) is 9.84 Å². The maximum absolute atomic E-state index is 12.9. The fourth-order valence-electron chi connectivity index (χ4n) is 3.48. The van der Waals surface area contributed by atoms with Crippen LogP contribution in [0.2, 0.25) is 0 Å². The number of carbonyl (C=O) groups is 1. The molecule has 9 heteroatoms. The molecule has 1 aromatic heterocycles. The van der Waals surface area contributed by atoms with Crippen molar-refractivity contribution in [1.82, 2.24) is 20.3 Å². The molecule has 1 N–H and O–H groups in total. The number of hydrogen-bond donors (Lipinski definition) is 1. The molecular formula is C19H20N4O4S. The van der Waals surface area contributed by atoms with Crippen molar-refractivity contribution in [3.05, 3.63) is 48.0 Å². The number of piperidine rings is 1. The smallest absolute Gasteiger partial charge is 0.253 e. The van der Waals surface area contributed by atoms with Gasteiger partial charge in [-0.2, -0.15) is 15.4 Å². The average molecular weight is 400 g/mol. The van der Waals surface area contributed by atoms with Gasteiger partial charge in [-0.25, -0.2) is 8.42 Å². The van der Waals surface area contributed by atoms with Crippen LogP contribution in [0.25, 0.3) is 11.0 Å². The van der Waals surface area contributed by atoms with E-state index in [1.54, 1.807) is 47.4 Å². The fourth-order valence-corrected chi connectivity index (χ4v) is 5.21. The van der Waals surface area contributed by atoms with Crippen LogP contribution in [0, 0.1) is 0 Å². The van der Waals surface area contributed by atoms with Crippen LogP contribution in [-0.4, -0.2) is 60.1 Å². The van der Waals surface area contributed by atoms with Gasteiger partial charge in [-0.15, -0.1) is 0 Å². The summed E-state index contributed by atoms with van der Waals surface area (Å²) < 4.78 is 30.9. The molecule has 1 fully saturated rings. The highest BCUT2D eigenvalue weighted by Crippen LogP contribution is 2.27. The van der Waals surface area contributed by atoms with Crippen molar-refractivity contribution in [2.24, 2.45) is 0 Å². The molecule has 0 atom stereocenters. The number of fused-ring (bicyclic) bond motifs is 1. The largest absolute Gasteiger partial charge is 0.497 e. The number of nitrogens with one attached hydrogen (secondary N) is 1. The average Bonchev–Trinajstić information content (AvgIpc) is 3.21. The van der Waals surface area contributed by atoms with E-state index in [0.29, 0.717) is 48.3 Å². The monoisotopic (exact) mass is 400 g/mol. The van der Waals surface area contributed by atoms with Gasteiger partial charge in [-0.1, -0.05) is 0 Å². The Bertz CT molecular complexity index is 1100. The van der Waals surface area contributed by atoms with Gasteiger partial charge in [0.15, 0.2) is 9.84 Å². The van der Waals surface area contributed by atoms with Crippen LogP contribution in [0.5, 0.6) is 5.75 Å². The molecule has 146 valence electrons. The summed E-state index contributed by atoms with van der Waals surface area (Å²) in [5.74, 6) is 0.494. The molecule has 1 amide bonds. The summed E-state index contributed by atoms with van der Waals surface area (Å²) in [6.07, 6.45) is 0.818. The molecule has 3 aromatic rings. The normalized spacial score (nSPS) is 15.7. The van der Waals surface area contributed by atoms with Crippen LogP contribution in [0.3, 0.4) is 0 Å². The summed E-state index contributed by atoms with van der Waals surface area (Å²) in [6.45, 7) is 0.797. The lowest BCUT2D eigenvalue weighted by Gasteiger charge is -2.31. The number of benzene rings is 2. The fraction of sp³-hybridized carbons (Fsp3) is 0.316. The van der Waals surface area contributed by atoms with E-state index >= 15 is 0 Å². The first-order valence-electron chi connectivity index (χ1n) is 8.97. The van der Waals surface area contributed by atoms with Crippen LogP contribution >= 0.6 is 0 Å². The van der Waals surface area contributed by atoms with Crippen molar-refractivity contribution in [3.63, 3.8) is 0 Å². The number of sulfone groups is 1. The lowest BCUT2D eigenvalue weighted by molar-refractivity contribution is 0.0726. The molecule has 2 heterocycles. The number of carbonyl (C=O) groups excluding carboxylic acids is 1. The van der Waals surface area contributed by atoms with Crippen molar-refractivity contribution < 1.29 is 17.9 Å². The third-order valence-electron chi connectivity index (χ3n) is 5.12. The number of nitrogens with zero attached hydrogens (tertiary/aromatic N) is 3. The number of rotatable bonds is 4. The second-order valence-corrected chi connectivity index (χ2v) is 8.97. The number of hydrogen-bond acceptors (Lipinski definition) is 6. The summed E-state index contributed by atoms with van der Waals surface area (Å²) in [7, 11) is -1.90. The molecule has 4 rings (SSSR count). The third kappa shape index (κ3) is 3.33. The molecule has 0 spiro atoms. The number of H-pyrrole nitrogens is 1. The predicted octanol–water partition coefficient (Wildman–Crippen LogP) is 2.04. The zero-order valence-corrected chi connectivity index (χ0v) is 16.1. The summed E-state index contributed by atoms with van der Waals surface area (Å²) in [5.41, 5.74) is 1.85. The SMILES string of the molecule is COc1ccc(S(=O)(=O)C2CCN(C(=O)c3ccc4n[nH]nc4c3)CC2)cc1. The quantitative estimate of drug-likeness (QED) is 0.719. The first-order chi connectivity index (χ1) is 13.5. The minimum Gasteiger partial charge on any atom is -0.497 e. The molecular weight excluding hydrogens is 380 g/mol. The highest BCUT2D eigenvalue weighted by Gasteiger charge is 2.33. The van der Waals surface area contributed by atoms with Crippen LogP contribution in [0.1, 0.15) is 23.2 Å². The van der Waals surface area contributed by atoms with Gasteiger partial charge in [0.05, 0.1) is 17.3 Å². The number of amides is 1. The van der Waals surface area contributed by atoms with Crippen molar-refractivity contribution in [1.29, 1.82) is 0 Å². The van der Waals surface area contributed by atoms with Crippen molar-refractivity contribution in [3.8, 4) is 5.75 Å². The Morgan fingerprint density at radius 1 is 1.07 bits per heavy atom. The third-order valence-corrected chi connectivity index (χ3v) is 7.40. The topological polar surface area (TPSA) is 105 Å². The second-order valence-electron chi connectivity index (χ2n) is 6.74. The highest BCUT2D eigenvalue weighted by molar-refractivity contribution is 7.92. The second kappa shape index (κ2) is 7.23. The first-order valence-corrected chi connectivity index (χ1v) is 10.5. The Hall–Kier alpha value is -2.94. The summed E-state index contributed by atoms with van der Waals surface area (Å²) in [4.78, 5) is 14.7. The standard InChI is InChI=1S/C19H20N4O4S/c1-27-14-3-5-15(6-4-14)28(25,26)16-8-10-23(11-9-16)19(24)13-2-7-17-18(12-13)21-22-20-17/h2-7,12,16H,8-11H2,1H3,(H,20,21,22). The van der Waals surface area contributed by atoms with Gasteiger partial charge in [0.2, 0.25) is 0 Å². The Balaban J connectivity index is 1.45. The predicted molar refractivity (Wildman–Crippen MR) is 103 cm³/mol. The number of methoxy groups -OCH3 is 1. The van der Waals surface area contributed by atoms with Gasteiger partial charge in [-0.05, 0) is 55.3 Å². The van der Waals surface area contributed by atoms with Gasteiger partial charge in [0, 0.05) is 18.7 Å². The number of likely N-dealkylation sites (tertiary alicyclic amines) is 1. The van der Waals surface area contributed by atoms with Crippen LogP contribution < -0.4 is 4.74 Å². The van der Waals surface area contributed by atoms with E-state index in [-0.39, 0.29) is 10.8 Å². The van der Waals surface area contributed by atoms with Gasteiger partial charge in [-0.3, -0.25) is 4.79 Å². The zero-order valence-electron chi connectivity index (χ0n) is 15.3. The molecule has 0 radical (unpaired) electrons. The van der Waals surface area contributed by atoms with Crippen molar-refractivity contribution >= 4 is 26.8 Å². The van der Waals surface area contributed by atoms with Gasteiger partial charge >= 0.3 is 0 Å².